The maximum absolute atomic E-state index is 12.4. The Balaban J connectivity index is 2.24. The van der Waals surface area contributed by atoms with Gasteiger partial charge in [0.1, 0.15) is 0 Å². The lowest BCUT2D eigenvalue weighted by Gasteiger charge is -2.29. The predicted octanol–water partition coefficient (Wildman–Crippen LogP) is -0.334. The lowest BCUT2D eigenvalue weighted by atomic mass is 9.99. The standard InChI is InChI=1S/C12H15N3O5S/c13-11(16)9-2-1-5-15(7-9)21(19,20)10-4-3-8(6-14-10)12(17)18/h3-4,6,9H,1-2,5,7H2,(H2,13,16)(H,17,18). The van der Waals surface area contributed by atoms with Crippen molar-refractivity contribution in [1.29, 1.82) is 0 Å². The number of aromatic nitrogens is 1. The van der Waals surface area contributed by atoms with Gasteiger partial charge in [-0.05, 0) is 25.0 Å². The van der Waals surface area contributed by atoms with Gasteiger partial charge in [0.05, 0.1) is 11.5 Å². The Bertz CT molecular complexity index is 656. The molecule has 2 rings (SSSR count). The molecule has 2 heterocycles. The Morgan fingerprint density at radius 2 is 2.10 bits per heavy atom. The van der Waals surface area contributed by atoms with Crippen LogP contribution in [0.3, 0.4) is 0 Å². The number of pyridine rings is 1. The van der Waals surface area contributed by atoms with E-state index in [1.807, 2.05) is 0 Å². The number of carbonyl (C=O) groups excluding carboxylic acids is 1. The molecule has 1 atom stereocenters. The first-order chi connectivity index (χ1) is 9.82. The number of rotatable bonds is 4. The van der Waals surface area contributed by atoms with E-state index in [0.29, 0.717) is 12.8 Å². The van der Waals surface area contributed by atoms with Gasteiger partial charge in [0.25, 0.3) is 10.0 Å². The quantitative estimate of drug-likeness (QED) is 0.782. The summed E-state index contributed by atoms with van der Waals surface area (Å²) in [5.41, 5.74) is 5.13. The Labute approximate surface area is 121 Å². The van der Waals surface area contributed by atoms with Crippen LogP contribution in [0.2, 0.25) is 0 Å². The zero-order valence-electron chi connectivity index (χ0n) is 11.1. The van der Waals surface area contributed by atoms with Crippen LogP contribution < -0.4 is 5.73 Å². The number of nitrogens with zero attached hydrogens (tertiary/aromatic N) is 2. The van der Waals surface area contributed by atoms with Gasteiger partial charge in [-0.1, -0.05) is 0 Å². The monoisotopic (exact) mass is 313 g/mol. The summed E-state index contributed by atoms with van der Waals surface area (Å²) in [4.78, 5) is 25.6. The van der Waals surface area contributed by atoms with Crippen LogP contribution >= 0.6 is 0 Å². The highest BCUT2D eigenvalue weighted by Gasteiger charge is 2.33. The van der Waals surface area contributed by atoms with Gasteiger partial charge in [-0.3, -0.25) is 4.79 Å². The van der Waals surface area contributed by atoms with Crippen LogP contribution in [0, 0.1) is 5.92 Å². The van der Waals surface area contributed by atoms with E-state index in [4.69, 9.17) is 10.8 Å². The van der Waals surface area contributed by atoms with Crippen LogP contribution in [0.4, 0.5) is 0 Å². The SMILES string of the molecule is NC(=O)C1CCCN(S(=O)(=O)c2ccc(C(=O)O)cn2)C1. The Hall–Kier alpha value is -2.00. The molecular formula is C12H15N3O5S. The van der Waals surface area contributed by atoms with E-state index in [9.17, 15) is 18.0 Å². The van der Waals surface area contributed by atoms with Crippen LogP contribution in [0.1, 0.15) is 23.2 Å². The zero-order chi connectivity index (χ0) is 15.6. The molecule has 0 aliphatic carbocycles. The molecule has 8 nitrogen and oxygen atoms in total. The lowest BCUT2D eigenvalue weighted by Crippen LogP contribution is -2.44. The van der Waals surface area contributed by atoms with Crippen molar-refractivity contribution in [2.75, 3.05) is 13.1 Å². The molecular weight excluding hydrogens is 298 g/mol. The van der Waals surface area contributed by atoms with E-state index < -0.39 is 27.8 Å². The number of carboxylic acid groups (broad SMARTS) is 1. The third-order valence-electron chi connectivity index (χ3n) is 3.37. The minimum atomic E-state index is -3.85. The summed E-state index contributed by atoms with van der Waals surface area (Å²) in [6.45, 7) is 0.314. The van der Waals surface area contributed by atoms with E-state index in [0.717, 1.165) is 16.6 Å². The van der Waals surface area contributed by atoms with Gasteiger partial charge in [-0.2, -0.15) is 4.31 Å². The molecule has 1 fully saturated rings. The number of aromatic carboxylic acids is 1. The number of sulfonamides is 1. The maximum atomic E-state index is 12.4. The maximum Gasteiger partial charge on any atom is 0.337 e. The van der Waals surface area contributed by atoms with Crippen LogP contribution in [0.15, 0.2) is 23.4 Å². The fraction of sp³-hybridized carbons (Fsp3) is 0.417. The molecule has 1 unspecified atom stereocenters. The number of piperidine rings is 1. The second-order valence-corrected chi connectivity index (χ2v) is 6.68. The fourth-order valence-electron chi connectivity index (χ4n) is 2.18. The van der Waals surface area contributed by atoms with Gasteiger partial charge in [0, 0.05) is 19.3 Å². The zero-order valence-corrected chi connectivity index (χ0v) is 11.9. The largest absolute Gasteiger partial charge is 0.478 e. The second-order valence-electron chi connectivity index (χ2n) is 4.79. The van der Waals surface area contributed by atoms with Crippen LogP contribution in [-0.2, 0) is 14.8 Å². The van der Waals surface area contributed by atoms with Crippen molar-refractivity contribution < 1.29 is 23.1 Å². The van der Waals surface area contributed by atoms with Gasteiger partial charge >= 0.3 is 5.97 Å². The number of hydrogen-bond donors (Lipinski definition) is 2. The molecule has 1 aliphatic rings. The van der Waals surface area contributed by atoms with Gasteiger partial charge in [-0.15, -0.1) is 0 Å². The molecule has 1 aliphatic heterocycles. The summed E-state index contributed by atoms with van der Waals surface area (Å²) < 4.78 is 26.0. The topological polar surface area (TPSA) is 131 Å². The summed E-state index contributed by atoms with van der Waals surface area (Å²) in [6.07, 6.45) is 2.09. The Morgan fingerprint density at radius 1 is 1.38 bits per heavy atom. The Kier molecular flexibility index (Phi) is 4.24. The molecule has 0 saturated carbocycles. The molecule has 1 aromatic heterocycles. The highest BCUT2D eigenvalue weighted by atomic mass is 32.2. The predicted molar refractivity (Wildman–Crippen MR) is 71.9 cm³/mol. The van der Waals surface area contributed by atoms with E-state index >= 15 is 0 Å². The van der Waals surface area contributed by atoms with Crippen molar-refractivity contribution >= 4 is 21.9 Å². The number of amides is 1. The first kappa shape index (κ1) is 15.4. The highest BCUT2D eigenvalue weighted by Crippen LogP contribution is 2.22. The van der Waals surface area contributed by atoms with Crippen LogP contribution in [0.5, 0.6) is 0 Å². The van der Waals surface area contributed by atoms with Gasteiger partial charge in [0.2, 0.25) is 5.91 Å². The molecule has 9 heteroatoms. The third kappa shape index (κ3) is 3.19. The molecule has 114 valence electrons. The number of primary amides is 1. The summed E-state index contributed by atoms with van der Waals surface area (Å²) in [5.74, 6) is -2.21. The summed E-state index contributed by atoms with van der Waals surface area (Å²) >= 11 is 0. The number of nitrogens with two attached hydrogens (primary N) is 1. The molecule has 21 heavy (non-hydrogen) atoms. The van der Waals surface area contributed by atoms with Crippen molar-refractivity contribution in [1.82, 2.24) is 9.29 Å². The molecule has 0 aromatic carbocycles. The number of carbonyl (C=O) groups is 2. The first-order valence-corrected chi connectivity index (χ1v) is 7.75. The molecule has 1 amide bonds. The van der Waals surface area contributed by atoms with Gasteiger partial charge < -0.3 is 10.8 Å². The fourth-order valence-corrected chi connectivity index (χ4v) is 3.62. The van der Waals surface area contributed by atoms with Crippen molar-refractivity contribution in [3.63, 3.8) is 0 Å². The van der Waals surface area contributed by atoms with E-state index in [-0.39, 0.29) is 23.7 Å². The first-order valence-electron chi connectivity index (χ1n) is 6.31. The van der Waals surface area contributed by atoms with Gasteiger partial charge in [0.15, 0.2) is 5.03 Å². The average Bonchev–Trinajstić information content (AvgIpc) is 2.47. The lowest BCUT2D eigenvalue weighted by molar-refractivity contribution is -0.122. The van der Waals surface area contributed by atoms with Crippen molar-refractivity contribution in [3.8, 4) is 0 Å². The van der Waals surface area contributed by atoms with E-state index in [1.165, 1.54) is 6.07 Å². The minimum absolute atomic E-state index is 0.0278. The highest BCUT2D eigenvalue weighted by molar-refractivity contribution is 7.89. The second kappa shape index (κ2) is 5.78. The number of carboxylic acids is 1. The van der Waals surface area contributed by atoms with Crippen molar-refractivity contribution in [2.45, 2.75) is 17.9 Å². The molecule has 0 radical (unpaired) electrons. The molecule has 1 aromatic rings. The van der Waals surface area contributed by atoms with Crippen molar-refractivity contribution in [2.24, 2.45) is 11.7 Å². The summed E-state index contributed by atoms with van der Waals surface area (Å²) in [6, 6.07) is 2.32. The third-order valence-corrected chi connectivity index (χ3v) is 5.16. The van der Waals surface area contributed by atoms with Crippen LogP contribution in [-0.4, -0.2) is 47.8 Å². The number of hydrogen-bond acceptors (Lipinski definition) is 5. The van der Waals surface area contributed by atoms with Gasteiger partial charge in [-0.25, -0.2) is 18.2 Å². The van der Waals surface area contributed by atoms with Crippen LogP contribution in [0.25, 0.3) is 0 Å². The van der Waals surface area contributed by atoms with E-state index in [2.05, 4.69) is 4.98 Å². The minimum Gasteiger partial charge on any atom is -0.478 e. The average molecular weight is 313 g/mol. The van der Waals surface area contributed by atoms with Crippen molar-refractivity contribution in [3.05, 3.63) is 23.9 Å². The van der Waals surface area contributed by atoms with E-state index in [1.54, 1.807) is 0 Å². The Morgan fingerprint density at radius 3 is 2.62 bits per heavy atom. The smallest absolute Gasteiger partial charge is 0.337 e. The summed E-state index contributed by atoms with van der Waals surface area (Å²) in [5, 5.41) is 8.53. The molecule has 0 bridgehead atoms. The summed E-state index contributed by atoms with van der Waals surface area (Å²) in [7, 11) is -3.85. The molecule has 3 N–H and O–H groups in total. The molecule has 0 spiro atoms. The molecule has 1 saturated heterocycles. The normalized spacial score (nSPS) is 20.1.